The molecule has 0 aliphatic rings. The van der Waals surface area contributed by atoms with Gasteiger partial charge in [0.05, 0.1) is 22.2 Å². The summed E-state index contributed by atoms with van der Waals surface area (Å²) in [5, 5.41) is 22.1. The third-order valence-electron chi connectivity index (χ3n) is 2.32. The molecule has 1 rings (SSSR count). The summed E-state index contributed by atoms with van der Waals surface area (Å²) in [4.78, 5) is 20.6. The number of nitrogens with one attached hydrogen (secondary N) is 1. The van der Waals surface area contributed by atoms with E-state index in [1.807, 2.05) is 0 Å². The van der Waals surface area contributed by atoms with Crippen molar-refractivity contribution < 1.29 is 19.2 Å². The summed E-state index contributed by atoms with van der Waals surface area (Å²) in [5.41, 5.74) is -2.55. The molecule has 0 heterocycles. The van der Waals surface area contributed by atoms with Gasteiger partial charge >= 0.3 is 5.97 Å². The van der Waals surface area contributed by atoms with Gasteiger partial charge in [-0.1, -0.05) is 5.92 Å². The molecule has 0 aliphatic heterocycles. The van der Waals surface area contributed by atoms with E-state index in [9.17, 15) is 19.3 Å². The number of terminal acetylenes is 1. The van der Waals surface area contributed by atoms with Crippen molar-refractivity contribution in [3.63, 3.8) is 0 Å². The Bertz CT molecular complexity index is 590. The van der Waals surface area contributed by atoms with E-state index < -0.39 is 33.5 Å². The van der Waals surface area contributed by atoms with E-state index in [2.05, 4.69) is 11.2 Å². The first-order valence-electron chi connectivity index (χ1n) is 5.15. The predicted octanol–water partition coefficient (Wildman–Crippen LogP) is 2.26. The molecule has 7 heteroatoms. The molecular formula is C12H11FN2O4. The van der Waals surface area contributed by atoms with Gasteiger partial charge < -0.3 is 10.4 Å². The van der Waals surface area contributed by atoms with Crippen molar-refractivity contribution >= 4 is 17.3 Å². The Morgan fingerprint density at radius 3 is 2.58 bits per heavy atom. The van der Waals surface area contributed by atoms with E-state index in [1.54, 1.807) is 13.8 Å². The van der Waals surface area contributed by atoms with Crippen LogP contribution in [0.2, 0.25) is 0 Å². The molecule has 0 bridgehead atoms. The zero-order valence-corrected chi connectivity index (χ0v) is 10.2. The van der Waals surface area contributed by atoms with Crippen LogP contribution in [0.25, 0.3) is 0 Å². The van der Waals surface area contributed by atoms with Gasteiger partial charge in [0, 0.05) is 0 Å². The van der Waals surface area contributed by atoms with Gasteiger partial charge in [-0.2, -0.15) is 0 Å². The number of aromatic carboxylic acids is 1. The van der Waals surface area contributed by atoms with Gasteiger partial charge in [-0.3, -0.25) is 10.1 Å². The average Bonchev–Trinajstić information content (AvgIpc) is 2.30. The summed E-state index contributed by atoms with van der Waals surface area (Å²) < 4.78 is 13.7. The lowest BCUT2D eigenvalue weighted by Gasteiger charge is -2.21. The summed E-state index contributed by atoms with van der Waals surface area (Å²) in [5.74, 6) is -0.121. The van der Waals surface area contributed by atoms with Crippen molar-refractivity contribution in [3.8, 4) is 12.3 Å². The van der Waals surface area contributed by atoms with Gasteiger partial charge in [-0.05, 0) is 19.9 Å². The summed E-state index contributed by atoms with van der Waals surface area (Å²) in [6.07, 6.45) is 5.22. The normalized spacial score (nSPS) is 10.6. The van der Waals surface area contributed by atoms with E-state index >= 15 is 0 Å². The monoisotopic (exact) mass is 266 g/mol. The van der Waals surface area contributed by atoms with E-state index in [1.165, 1.54) is 0 Å². The topological polar surface area (TPSA) is 92.5 Å². The Hall–Kier alpha value is -2.62. The number of carboxylic acids is 1. The van der Waals surface area contributed by atoms with Gasteiger partial charge in [0.15, 0.2) is 5.82 Å². The molecule has 0 unspecified atom stereocenters. The third kappa shape index (κ3) is 3.19. The number of nitro groups is 1. The second-order valence-corrected chi connectivity index (χ2v) is 4.31. The summed E-state index contributed by atoms with van der Waals surface area (Å²) in [7, 11) is 0. The molecule has 0 spiro atoms. The first-order valence-corrected chi connectivity index (χ1v) is 5.15. The highest BCUT2D eigenvalue weighted by Gasteiger charge is 2.25. The number of carbonyl (C=O) groups is 1. The van der Waals surface area contributed by atoms with Gasteiger partial charge in [0.25, 0.3) is 5.69 Å². The molecular weight excluding hydrogens is 255 g/mol. The number of nitrogens with zero attached hydrogens (tertiary/aromatic N) is 1. The molecule has 2 N–H and O–H groups in total. The van der Waals surface area contributed by atoms with Crippen molar-refractivity contribution in [2.45, 2.75) is 19.4 Å². The fraction of sp³-hybridized carbons (Fsp3) is 0.250. The molecule has 19 heavy (non-hydrogen) atoms. The van der Waals surface area contributed by atoms with E-state index in [0.717, 1.165) is 6.07 Å². The van der Waals surface area contributed by atoms with Crippen LogP contribution in [0.4, 0.5) is 15.8 Å². The molecule has 0 aromatic heterocycles. The molecule has 0 amide bonds. The van der Waals surface area contributed by atoms with Crippen LogP contribution >= 0.6 is 0 Å². The van der Waals surface area contributed by atoms with Crippen LogP contribution in [0.1, 0.15) is 24.2 Å². The van der Waals surface area contributed by atoms with Crippen LogP contribution < -0.4 is 5.32 Å². The highest BCUT2D eigenvalue weighted by molar-refractivity contribution is 5.93. The number of carboxylic acid groups (broad SMARTS) is 1. The molecule has 0 radical (unpaired) electrons. The molecule has 0 atom stereocenters. The lowest BCUT2D eigenvalue weighted by molar-refractivity contribution is -0.385. The van der Waals surface area contributed by atoms with E-state index in [-0.39, 0.29) is 5.69 Å². The molecule has 100 valence electrons. The second-order valence-electron chi connectivity index (χ2n) is 4.31. The Morgan fingerprint density at radius 2 is 2.16 bits per heavy atom. The molecule has 0 saturated carbocycles. The van der Waals surface area contributed by atoms with Crippen LogP contribution in [-0.2, 0) is 0 Å². The largest absolute Gasteiger partial charge is 0.477 e. The minimum atomic E-state index is -1.52. The first-order chi connectivity index (χ1) is 8.68. The SMILES string of the molecule is C#CC(C)(C)Nc1cc(C(=O)O)c([N+](=O)[O-])cc1F. The predicted molar refractivity (Wildman–Crippen MR) is 66.5 cm³/mol. The number of halogens is 1. The van der Waals surface area contributed by atoms with Gasteiger partial charge in [0.2, 0.25) is 0 Å². The first kappa shape index (κ1) is 14.4. The Balaban J connectivity index is 3.38. The molecule has 0 fully saturated rings. The number of hydrogen-bond donors (Lipinski definition) is 2. The number of nitro benzene ring substituents is 1. The zero-order chi connectivity index (χ0) is 14.8. The molecule has 6 nitrogen and oxygen atoms in total. The van der Waals surface area contributed by atoms with Crippen LogP contribution in [0.15, 0.2) is 12.1 Å². The Kier molecular flexibility index (Phi) is 3.75. The van der Waals surface area contributed by atoms with Crippen molar-refractivity contribution in [1.29, 1.82) is 0 Å². The molecule has 1 aromatic carbocycles. The molecule has 0 aliphatic carbocycles. The second kappa shape index (κ2) is 4.94. The summed E-state index contributed by atoms with van der Waals surface area (Å²) in [6.45, 7) is 3.16. The van der Waals surface area contributed by atoms with Crippen molar-refractivity contribution in [2.75, 3.05) is 5.32 Å². The van der Waals surface area contributed by atoms with Crippen molar-refractivity contribution in [3.05, 3.63) is 33.6 Å². The van der Waals surface area contributed by atoms with Crippen LogP contribution in [-0.4, -0.2) is 21.5 Å². The van der Waals surface area contributed by atoms with Gasteiger partial charge in [-0.15, -0.1) is 6.42 Å². The van der Waals surface area contributed by atoms with Crippen LogP contribution in [0, 0.1) is 28.3 Å². The smallest absolute Gasteiger partial charge is 0.342 e. The number of benzene rings is 1. The highest BCUT2D eigenvalue weighted by Crippen LogP contribution is 2.27. The number of rotatable bonds is 4. The fourth-order valence-electron chi connectivity index (χ4n) is 1.35. The molecule has 1 aromatic rings. The minimum Gasteiger partial charge on any atom is -0.477 e. The minimum absolute atomic E-state index is 0.203. The van der Waals surface area contributed by atoms with Crippen LogP contribution in [0.3, 0.4) is 0 Å². The zero-order valence-electron chi connectivity index (χ0n) is 10.2. The summed E-state index contributed by atoms with van der Waals surface area (Å²) >= 11 is 0. The molecule has 0 saturated heterocycles. The Labute approximate surface area is 108 Å². The lowest BCUT2D eigenvalue weighted by atomic mass is 10.1. The standard InChI is InChI=1S/C12H11FN2O4/c1-4-12(2,3)14-9-5-7(11(16)17)10(15(18)19)6-8(9)13/h1,5-6,14H,2-3H3,(H,16,17). The highest BCUT2D eigenvalue weighted by atomic mass is 19.1. The number of hydrogen-bond acceptors (Lipinski definition) is 4. The maximum atomic E-state index is 13.7. The maximum absolute atomic E-state index is 13.7. The van der Waals surface area contributed by atoms with Crippen molar-refractivity contribution in [1.82, 2.24) is 0 Å². The van der Waals surface area contributed by atoms with E-state index in [4.69, 9.17) is 11.5 Å². The van der Waals surface area contributed by atoms with Crippen LogP contribution in [0.5, 0.6) is 0 Å². The van der Waals surface area contributed by atoms with Crippen molar-refractivity contribution in [2.24, 2.45) is 0 Å². The number of anilines is 1. The third-order valence-corrected chi connectivity index (χ3v) is 2.32. The quantitative estimate of drug-likeness (QED) is 0.495. The lowest BCUT2D eigenvalue weighted by Crippen LogP contribution is -2.29. The fourth-order valence-corrected chi connectivity index (χ4v) is 1.35. The maximum Gasteiger partial charge on any atom is 0.342 e. The van der Waals surface area contributed by atoms with Gasteiger partial charge in [-0.25, -0.2) is 9.18 Å². The average molecular weight is 266 g/mol. The van der Waals surface area contributed by atoms with E-state index in [0.29, 0.717) is 6.07 Å². The summed E-state index contributed by atoms with van der Waals surface area (Å²) in [6, 6.07) is 1.41. The Morgan fingerprint density at radius 1 is 1.58 bits per heavy atom. The van der Waals surface area contributed by atoms with Gasteiger partial charge in [0.1, 0.15) is 5.56 Å².